The van der Waals surface area contributed by atoms with Crippen molar-refractivity contribution in [1.82, 2.24) is 15.1 Å². The third-order valence-electron chi connectivity index (χ3n) is 4.20. The molecular weight excluding hydrogens is 350 g/mol. The Balaban J connectivity index is 1.76. The maximum absolute atomic E-state index is 13.9. The molecule has 5 nitrogen and oxygen atoms in total. The number of aryl methyl sites for hydroxylation is 2. The summed E-state index contributed by atoms with van der Waals surface area (Å²) in [7, 11) is 0. The number of halogens is 2. The summed E-state index contributed by atoms with van der Waals surface area (Å²) in [5, 5.41) is 8.01. The Bertz CT molecular complexity index is 1140. The molecule has 0 atom stereocenters. The maximum atomic E-state index is 13.9. The number of nitrogens with one attached hydrogen (secondary N) is 1. The number of rotatable bonds is 4. The molecule has 0 spiro atoms. The van der Waals surface area contributed by atoms with Crippen LogP contribution >= 0.6 is 0 Å². The summed E-state index contributed by atoms with van der Waals surface area (Å²) in [4.78, 5) is 8.92. The first kappa shape index (κ1) is 17.1. The van der Waals surface area contributed by atoms with E-state index in [1.807, 2.05) is 31.2 Å². The molecule has 2 heterocycles. The van der Waals surface area contributed by atoms with Gasteiger partial charge in [-0.25, -0.2) is 13.8 Å². The molecule has 1 N–H and O–H groups in total. The second-order valence-corrected chi connectivity index (χ2v) is 6.31. The fourth-order valence-corrected chi connectivity index (χ4v) is 2.83. The quantitative estimate of drug-likeness (QED) is 0.562. The Morgan fingerprint density at radius 2 is 1.85 bits per heavy atom. The lowest BCUT2D eigenvalue weighted by molar-refractivity contribution is 0.394. The highest BCUT2D eigenvalue weighted by molar-refractivity contribution is 5.88. The van der Waals surface area contributed by atoms with Gasteiger partial charge in [-0.3, -0.25) is 0 Å². The van der Waals surface area contributed by atoms with Crippen LogP contribution in [0.4, 0.5) is 14.6 Å². The van der Waals surface area contributed by atoms with Gasteiger partial charge in [-0.1, -0.05) is 23.4 Å². The van der Waals surface area contributed by atoms with Gasteiger partial charge < -0.3 is 9.84 Å². The standard InChI is InChI=1S/C20H16F2N4O/c1-11-3-4-13-8-16(20-24-12(2)27-26-20)19(25-18(13)7-11)23-10-14-5-6-15(21)9-17(14)22/h3-9H,10H2,1-2H3,(H,23,25). The molecule has 0 saturated carbocycles. The van der Waals surface area contributed by atoms with Crippen molar-refractivity contribution in [3.05, 3.63) is 71.1 Å². The lowest BCUT2D eigenvalue weighted by Crippen LogP contribution is -2.06. The third kappa shape index (κ3) is 3.48. The first-order chi connectivity index (χ1) is 13.0. The van der Waals surface area contributed by atoms with Crippen molar-refractivity contribution in [2.24, 2.45) is 0 Å². The van der Waals surface area contributed by atoms with E-state index in [0.717, 1.165) is 22.5 Å². The summed E-state index contributed by atoms with van der Waals surface area (Å²) < 4.78 is 32.1. The number of nitrogens with zero attached hydrogens (tertiary/aromatic N) is 3. The molecule has 136 valence electrons. The van der Waals surface area contributed by atoms with Crippen LogP contribution in [0.15, 0.2) is 47.0 Å². The van der Waals surface area contributed by atoms with Crippen LogP contribution in [0.2, 0.25) is 0 Å². The van der Waals surface area contributed by atoms with E-state index < -0.39 is 11.6 Å². The van der Waals surface area contributed by atoms with E-state index in [-0.39, 0.29) is 6.54 Å². The number of aromatic nitrogens is 3. The van der Waals surface area contributed by atoms with Gasteiger partial charge in [-0.15, -0.1) is 0 Å². The van der Waals surface area contributed by atoms with Gasteiger partial charge in [0.2, 0.25) is 11.7 Å². The number of benzene rings is 2. The molecule has 0 aliphatic rings. The summed E-state index contributed by atoms with van der Waals surface area (Å²) in [6.07, 6.45) is 0. The molecule has 2 aromatic heterocycles. The van der Waals surface area contributed by atoms with Gasteiger partial charge in [0.15, 0.2) is 0 Å². The van der Waals surface area contributed by atoms with Crippen molar-refractivity contribution in [3.8, 4) is 11.4 Å². The lowest BCUT2D eigenvalue weighted by Gasteiger charge is -2.12. The maximum Gasteiger partial charge on any atom is 0.223 e. The van der Waals surface area contributed by atoms with Gasteiger partial charge in [-0.2, -0.15) is 4.98 Å². The van der Waals surface area contributed by atoms with Crippen LogP contribution in [-0.2, 0) is 6.54 Å². The Hall–Kier alpha value is -3.35. The van der Waals surface area contributed by atoms with Crippen LogP contribution in [0.5, 0.6) is 0 Å². The molecular formula is C20H16F2N4O. The van der Waals surface area contributed by atoms with Crippen LogP contribution in [0.3, 0.4) is 0 Å². The second kappa shape index (κ2) is 6.75. The molecule has 7 heteroatoms. The Labute approximate surface area is 154 Å². The molecule has 0 radical (unpaired) electrons. The Kier molecular flexibility index (Phi) is 4.27. The van der Waals surface area contributed by atoms with Crippen LogP contribution in [0.1, 0.15) is 17.0 Å². The second-order valence-electron chi connectivity index (χ2n) is 6.31. The highest BCUT2D eigenvalue weighted by atomic mass is 19.1. The average Bonchev–Trinajstić information content (AvgIpc) is 3.06. The Morgan fingerprint density at radius 1 is 1.00 bits per heavy atom. The van der Waals surface area contributed by atoms with Crippen molar-refractivity contribution >= 4 is 16.7 Å². The minimum absolute atomic E-state index is 0.139. The first-order valence-corrected chi connectivity index (χ1v) is 8.39. The van der Waals surface area contributed by atoms with E-state index >= 15 is 0 Å². The van der Waals surface area contributed by atoms with E-state index in [0.29, 0.717) is 28.7 Å². The predicted octanol–water partition coefficient (Wildman–Crippen LogP) is 4.79. The Morgan fingerprint density at radius 3 is 2.59 bits per heavy atom. The smallest absolute Gasteiger partial charge is 0.223 e. The van der Waals surface area contributed by atoms with Gasteiger partial charge in [0.25, 0.3) is 0 Å². The van der Waals surface area contributed by atoms with E-state index in [1.165, 1.54) is 12.1 Å². The van der Waals surface area contributed by atoms with E-state index in [1.54, 1.807) is 6.92 Å². The molecule has 0 bridgehead atoms. The van der Waals surface area contributed by atoms with Crippen LogP contribution in [-0.4, -0.2) is 15.1 Å². The number of pyridine rings is 1. The summed E-state index contributed by atoms with van der Waals surface area (Å²) in [6.45, 7) is 3.83. The summed E-state index contributed by atoms with van der Waals surface area (Å²) in [6, 6.07) is 11.3. The van der Waals surface area contributed by atoms with Crippen LogP contribution < -0.4 is 5.32 Å². The van der Waals surface area contributed by atoms with Crippen molar-refractivity contribution in [2.75, 3.05) is 5.32 Å². The normalized spacial score (nSPS) is 11.1. The van der Waals surface area contributed by atoms with Gasteiger partial charge >= 0.3 is 0 Å². The largest absolute Gasteiger partial charge is 0.365 e. The van der Waals surface area contributed by atoms with Crippen molar-refractivity contribution < 1.29 is 13.3 Å². The fraction of sp³-hybridized carbons (Fsp3) is 0.150. The molecule has 0 fully saturated rings. The topological polar surface area (TPSA) is 63.8 Å². The molecule has 0 amide bonds. The molecule has 2 aromatic carbocycles. The van der Waals surface area contributed by atoms with Gasteiger partial charge in [-0.05, 0) is 30.7 Å². The van der Waals surface area contributed by atoms with Crippen molar-refractivity contribution in [3.63, 3.8) is 0 Å². The molecule has 4 rings (SSSR count). The van der Waals surface area contributed by atoms with E-state index in [9.17, 15) is 8.78 Å². The minimum atomic E-state index is -0.615. The number of anilines is 1. The van der Waals surface area contributed by atoms with E-state index in [2.05, 4.69) is 20.4 Å². The van der Waals surface area contributed by atoms with Crippen LogP contribution in [0, 0.1) is 25.5 Å². The van der Waals surface area contributed by atoms with Gasteiger partial charge in [0.05, 0.1) is 11.1 Å². The summed E-state index contributed by atoms with van der Waals surface area (Å²) >= 11 is 0. The molecule has 4 aromatic rings. The zero-order valence-electron chi connectivity index (χ0n) is 14.8. The third-order valence-corrected chi connectivity index (χ3v) is 4.20. The van der Waals surface area contributed by atoms with Gasteiger partial charge in [0.1, 0.15) is 17.5 Å². The molecule has 27 heavy (non-hydrogen) atoms. The monoisotopic (exact) mass is 366 g/mol. The number of hydrogen-bond acceptors (Lipinski definition) is 5. The number of hydrogen-bond donors (Lipinski definition) is 1. The van der Waals surface area contributed by atoms with Crippen LogP contribution in [0.25, 0.3) is 22.3 Å². The zero-order valence-corrected chi connectivity index (χ0v) is 14.8. The summed E-state index contributed by atoms with van der Waals surface area (Å²) in [5.74, 6) is 0.0984. The molecule has 0 aliphatic carbocycles. The SMILES string of the molecule is Cc1ccc2cc(-c3noc(C)n3)c(NCc3ccc(F)cc3F)nc2c1. The zero-order chi connectivity index (χ0) is 19.0. The van der Waals surface area contributed by atoms with Crippen molar-refractivity contribution in [2.45, 2.75) is 20.4 Å². The fourth-order valence-electron chi connectivity index (χ4n) is 2.83. The van der Waals surface area contributed by atoms with E-state index in [4.69, 9.17) is 4.52 Å². The molecule has 0 saturated heterocycles. The van der Waals surface area contributed by atoms with Gasteiger partial charge in [0, 0.05) is 30.5 Å². The highest BCUT2D eigenvalue weighted by Crippen LogP contribution is 2.29. The highest BCUT2D eigenvalue weighted by Gasteiger charge is 2.15. The summed E-state index contributed by atoms with van der Waals surface area (Å²) in [5.41, 5.74) is 2.85. The first-order valence-electron chi connectivity index (χ1n) is 8.39. The predicted molar refractivity (Wildman–Crippen MR) is 98.2 cm³/mol. The minimum Gasteiger partial charge on any atom is -0.365 e. The number of fused-ring (bicyclic) bond motifs is 1. The average molecular weight is 366 g/mol. The molecule has 0 unspecified atom stereocenters. The lowest BCUT2D eigenvalue weighted by atomic mass is 10.1. The molecule has 0 aliphatic heterocycles. The van der Waals surface area contributed by atoms with Crippen molar-refractivity contribution in [1.29, 1.82) is 0 Å².